The summed E-state index contributed by atoms with van der Waals surface area (Å²) in [6, 6.07) is 69.3. The number of amidine groups is 3. The highest BCUT2D eigenvalue weighted by atomic mass is 14.9. The Balaban J connectivity index is 0.000000206. The van der Waals surface area contributed by atoms with Crippen molar-refractivity contribution in [3.63, 3.8) is 0 Å². The van der Waals surface area contributed by atoms with Crippen molar-refractivity contribution in [1.29, 1.82) is 10.8 Å². The van der Waals surface area contributed by atoms with Crippen LogP contribution in [-0.4, -0.2) is 17.5 Å². The standard InChI is InChI=1S/C34H25N5.C7H9N.2C7H8/c35-31(36)21-14-16-29-25(18-21)26-19-22(33(38)39-32(37)20-8-2-1-3-9-20)15-17-30(26)34(29)27-12-6-4-10-23(27)24-11-5-7-13-28(24)34;8-6-7-4-2-1-3-5-7;2*1-7-5-3-2-4-6-7/h1-19H,(H3,35,36)(H3,37,38,39);1-5H,6,8H2;2*2-6H,1H3. The second kappa shape index (κ2) is 18.9. The number of hydrogen-bond donors (Lipinski definition) is 5. The van der Waals surface area contributed by atoms with Gasteiger partial charge in [-0.05, 0) is 76.1 Å². The van der Waals surface area contributed by atoms with Gasteiger partial charge in [0.15, 0.2) is 5.84 Å². The maximum absolute atomic E-state index is 8.78. The molecule has 8 aromatic rings. The Bertz CT molecular complexity index is 2710. The van der Waals surface area contributed by atoms with E-state index in [-0.39, 0.29) is 11.7 Å². The lowest BCUT2D eigenvalue weighted by Crippen LogP contribution is -2.26. The van der Waals surface area contributed by atoms with Gasteiger partial charge in [-0.3, -0.25) is 10.8 Å². The molecule has 0 aromatic heterocycles. The summed E-state index contributed by atoms with van der Waals surface area (Å²) in [5.41, 5.74) is 32.2. The highest BCUT2D eigenvalue weighted by molar-refractivity contribution is 6.10. The van der Waals surface area contributed by atoms with Crippen LogP contribution in [-0.2, 0) is 12.0 Å². The molecule has 0 amide bonds. The number of hydrogen-bond acceptors (Lipinski definition) is 3. The van der Waals surface area contributed by atoms with Crippen molar-refractivity contribution >= 4 is 17.5 Å². The summed E-state index contributed by atoms with van der Waals surface area (Å²) in [5.74, 6) is 0.420. The van der Waals surface area contributed by atoms with Crippen molar-refractivity contribution in [3.8, 4) is 22.3 Å². The summed E-state index contributed by atoms with van der Waals surface area (Å²) in [7, 11) is 0. The van der Waals surface area contributed by atoms with Crippen LogP contribution in [0.4, 0.5) is 0 Å². The zero-order chi connectivity index (χ0) is 42.8. The lowest BCUT2D eigenvalue weighted by Gasteiger charge is -2.30. The molecule has 0 saturated carbocycles. The van der Waals surface area contributed by atoms with Crippen molar-refractivity contribution in [2.24, 2.45) is 22.2 Å². The van der Waals surface area contributed by atoms with Crippen LogP contribution in [0.25, 0.3) is 22.3 Å². The van der Waals surface area contributed by atoms with Gasteiger partial charge in [-0.15, -0.1) is 0 Å². The van der Waals surface area contributed by atoms with Crippen molar-refractivity contribution in [1.82, 2.24) is 0 Å². The minimum atomic E-state index is -0.500. The summed E-state index contributed by atoms with van der Waals surface area (Å²) < 4.78 is 0. The second-order valence-electron chi connectivity index (χ2n) is 15.0. The summed E-state index contributed by atoms with van der Waals surface area (Å²) in [6.45, 7) is 4.81. The van der Waals surface area contributed by atoms with Gasteiger partial charge in [-0.2, -0.15) is 0 Å². The molecule has 6 nitrogen and oxygen atoms in total. The van der Waals surface area contributed by atoms with Gasteiger partial charge in [-0.25, -0.2) is 4.99 Å². The number of nitrogens with zero attached hydrogens (tertiary/aromatic N) is 1. The van der Waals surface area contributed by atoms with Crippen LogP contribution in [0.1, 0.15) is 55.6 Å². The van der Waals surface area contributed by atoms with E-state index in [0.29, 0.717) is 23.5 Å². The van der Waals surface area contributed by atoms with Crippen LogP contribution in [0.2, 0.25) is 0 Å². The number of nitrogen functional groups attached to an aromatic ring is 1. The molecule has 6 heteroatoms. The van der Waals surface area contributed by atoms with Crippen LogP contribution in [0.5, 0.6) is 0 Å². The number of nitrogens with two attached hydrogens (primary N) is 3. The zero-order valence-corrected chi connectivity index (χ0v) is 34.5. The quantitative estimate of drug-likeness (QED) is 0.0895. The van der Waals surface area contributed by atoms with Crippen LogP contribution in [0, 0.1) is 24.7 Å². The Morgan fingerprint density at radius 3 is 1.26 bits per heavy atom. The van der Waals surface area contributed by atoms with E-state index in [2.05, 4.69) is 104 Å². The van der Waals surface area contributed by atoms with Gasteiger partial charge in [0, 0.05) is 23.2 Å². The first kappa shape index (κ1) is 41.5. The molecule has 0 bridgehead atoms. The molecule has 0 saturated heterocycles. The minimum absolute atomic E-state index is 0.0247. The predicted molar refractivity (Wildman–Crippen MR) is 254 cm³/mol. The first-order valence-corrected chi connectivity index (χ1v) is 20.3. The SMILES string of the molecule is Cc1ccccc1.Cc1ccccc1.N=C(N)c1ccc2c(c1)-c1cc(C(=N)N=C(N)c3ccccc3)ccc1C21c2ccccc2-c2ccccc21.NCc1ccccc1. The molecular weight excluding hydrogens is 745 g/mol. The van der Waals surface area contributed by atoms with Gasteiger partial charge in [0.2, 0.25) is 0 Å². The Kier molecular flexibility index (Phi) is 12.9. The normalized spacial score (nSPS) is 12.1. The summed E-state index contributed by atoms with van der Waals surface area (Å²) in [5, 5.41) is 16.9. The van der Waals surface area contributed by atoms with Crippen molar-refractivity contribution in [2.45, 2.75) is 25.8 Å². The topological polar surface area (TPSA) is 138 Å². The lowest BCUT2D eigenvalue weighted by atomic mass is 9.70. The number of fused-ring (bicyclic) bond motifs is 10. The third-order valence-corrected chi connectivity index (χ3v) is 10.9. The first-order valence-electron chi connectivity index (χ1n) is 20.3. The fourth-order valence-electron chi connectivity index (χ4n) is 8.00. The van der Waals surface area contributed by atoms with Crippen LogP contribution >= 0.6 is 0 Å². The van der Waals surface area contributed by atoms with E-state index in [4.69, 9.17) is 28.0 Å². The zero-order valence-electron chi connectivity index (χ0n) is 34.5. The average Bonchev–Trinajstić information content (AvgIpc) is 3.77. The van der Waals surface area contributed by atoms with Gasteiger partial charge < -0.3 is 17.2 Å². The molecule has 2 aliphatic carbocycles. The maximum Gasteiger partial charge on any atom is 0.154 e. The fourth-order valence-corrected chi connectivity index (χ4v) is 8.00. The van der Waals surface area contributed by atoms with Gasteiger partial charge in [0.1, 0.15) is 11.7 Å². The molecule has 8 aromatic carbocycles. The summed E-state index contributed by atoms with van der Waals surface area (Å²) in [4.78, 5) is 4.43. The number of aryl methyl sites for hydroxylation is 2. The maximum atomic E-state index is 8.78. The largest absolute Gasteiger partial charge is 0.384 e. The van der Waals surface area contributed by atoms with E-state index >= 15 is 0 Å². The summed E-state index contributed by atoms with van der Waals surface area (Å²) in [6.07, 6.45) is 0. The van der Waals surface area contributed by atoms with Crippen LogP contribution in [0.3, 0.4) is 0 Å². The van der Waals surface area contributed by atoms with E-state index in [9.17, 15) is 0 Å². The predicted octanol–water partition coefficient (Wildman–Crippen LogP) is 11.2. The molecular formula is C55H50N6. The van der Waals surface area contributed by atoms with Crippen LogP contribution in [0.15, 0.2) is 211 Å². The van der Waals surface area contributed by atoms with E-state index in [1.54, 1.807) is 0 Å². The minimum Gasteiger partial charge on any atom is -0.384 e. The van der Waals surface area contributed by atoms with Gasteiger partial charge in [0.25, 0.3) is 0 Å². The monoisotopic (exact) mass is 794 g/mol. The van der Waals surface area contributed by atoms with Gasteiger partial charge >= 0.3 is 0 Å². The van der Waals surface area contributed by atoms with E-state index in [1.165, 1.54) is 38.9 Å². The molecule has 0 heterocycles. The van der Waals surface area contributed by atoms with Crippen LogP contribution < -0.4 is 17.2 Å². The molecule has 1 spiro atoms. The van der Waals surface area contributed by atoms with Crippen molar-refractivity contribution in [2.75, 3.05) is 0 Å². The molecule has 2 aliphatic rings. The third kappa shape index (κ3) is 8.86. The lowest BCUT2D eigenvalue weighted by molar-refractivity contribution is 0.793. The first-order chi connectivity index (χ1) is 29.7. The van der Waals surface area contributed by atoms with Crippen molar-refractivity contribution < 1.29 is 0 Å². The second-order valence-corrected chi connectivity index (χ2v) is 15.0. The number of aliphatic imine (C=N–C) groups is 1. The highest BCUT2D eigenvalue weighted by Crippen LogP contribution is 2.62. The Labute approximate surface area is 359 Å². The van der Waals surface area contributed by atoms with E-state index in [1.807, 2.05) is 121 Å². The van der Waals surface area contributed by atoms with Gasteiger partial charge in [0.05, 0.1) is 5.41 Å². The smallest absolute Gasteiger partial charge is 0.154 e. The molecule has 0 radical (unpaired) electrons. The molecule has 8 N–H and O–H groups in total. The number of rotatable bonds is 4. The molecule has 61 heavy (non-hydrogen) atoms. The Hall–Kier alpha value is -7.67. The summed E-state index contributed by atoms with van der Waals surface area (Å²) >= 11 is 0. The molecule has 10 rings (SSSR count). The molecule has 0 atom stereocenters. The highest BCUT2D eigenvalue weighted by Gasteiger charge is 2.51. The Morgan fingerprint density at radius 1 is 0.443 bits per heavy atom. The molecule has 300 valence electrons. The fraction of sp³-hybridized carbons (Fsp3) is 0.0727. The van der Waals surface area contributed by atoms with Gasteiger partial charge in [-0.1, -0.05) is 205 Å². The average molecular weight is 795 g/mol. The number of nitrogens with one attached hydrogen (secondary N) is 2. The molecule has 0 fully saturated rings. The molecule has 0 unspecified atom stereocenters. The van der Waals surface area contributed by atoms with E-state index in [0.717, 1.165) is 27.8 Å². The Morgan fingerprint density at radius 2 is 0.836 bits per heavy atom. The van der Waals surface area contributed by atoms with Crippen molar-refractivity contribution in [3.05, 3.63) is 262 Å². The van der Waals surface area contributed by atoms with E-state index < -0.39 is 5.41 Å². The molecule has 0 aliphatic heterocycles. The number of benzene rings is 8. The third-order valence-electron chi connectivity index (χ3n) is 10.9.